The van der Waals surface area contributed by atoms with Crippen molar-refractivity contribution in [3.63, 3.8) is 0 Å². The van der Waals surface area contributed by atoms with Gasteiger partial charge in [-0.3, -0.25) is 0 Å². The molecule has 1 aliphatic rings. The molecule has 2 atom stereocenters. The largest absolute Gasteiger partial charge is 0.497 e. The van der Waals surface area contributed by atoms with E-state index in [1.54, 1.807) is 7.11 Å². The van der Waals surface area contributed by atoms with Crippen molar-refractivity contribution in [1.29, 1.82) is 0 Å². The van der Waals surface area contributed by atoms with Gasteiger partial charge in [-0.1, -0.05) is 0 Å². The van der Waals surface area contributed by atoms with Gasteiger partial charge in [0.05, 0.1) is 13.7 Å². The summed E-state index contributed by atoms with van der Waals surface area (Å²) in [4.78, 5) is 2.28. The number of ether oxygens (including phenoxy) is 2. The van der Waals surface area contributed by atoms with Gasteiger partial charge in [0.2, 0.25) is 0 Å². The fourth-order valence-electron chi connectivity index (χ4n) is 2.65. The number of hydrogen-bond donors (Lipinski definition) is 1. The standard InChI is InChI=1S/C15H24N2O2/c1-16-15-8-9-19-11-12(15)10-17(2)13-4-6-14(18-3)7-5-13/h4-7,12,15-16H,8-11H2,1-3H3. The minimum absolute atomic E-state index is 0.533. The summed E-state index contributed by atoms with van der Waals surface area (Å²) in [6.07, 6.45) is 1.09. The number of hydrogen-bond acceptors (Lipinski definition) is 4. The molecule has 1 aromatic carbocycles. The van der Waals surface area contributed by atoms with Crippen LogP contribution >= 0.6 is 0 Å². The van der Waals surface area contributed by atoms with Crippen LogP contribution in [0.25, 0.3) is 0 Å². The number of nitrogens with one attached hydrogen (secondary N) is 1. The summed E-state index contributed by atoms with van der Waals surface area (Å²) >= 11 is 0. The van der Waals surface area contributed by atoms with E-state index in [-0.39, 0.29) is 0 Å². The Hall–Kier alpha value is -1.26. The highest BCUT2D eigenvalue weighted by Gasteiger charge is 2.25. The summed E-state index contributed by atoms with van der Waals surface area (Å²) in [7, 11) is 5.86. The zero-order valence-corrected chi connectivity index (χ0v) is 12.1. The van der Waals surface area contributed by atoms with E-state index in [4.69, 9.17) is 9.47 Å². The molecule has 0 saturated carbocycles. The quantitative estimate of drug-likeness (QED) is 0.878. The van der Waals surface area contributed by atoms with Gasteiger partial charge in [0.25, 0.3) is 0 Å². The van der Waals surface area contributed by atoms with Gasteiger partial charge in [-0.2, -0.15) is 0 Å². The van der Waals surface area contributed by atoms with Crippen LogP contribution < -0.4 is 15.0 Å². The topological polar surface area (TPSA) is 33.7 Å². The van der Waals surface area contributed by atoms with Crippen molar-refractivity contribution in [3.05, 3.63) is 24.3 Å². The van der Waals surface area contributed by atoms with Gasteiger partial charge < -0.3 is 19.7 Å². The molecule has 19 heavy (non-hydrogen) atoms. The van der Waals surface area contributed by atoms with E-state index in [0.29, 0.717) is 12.0 Å². The third-order valence-corrected chi connectivity index (χ3v) is 3.87. The molecule has 2 unspecified atom stereocenters. The number of rotatable bonds is 5. The summed E-state index contributed by atoms with van der Waals surface area (Å²) in [6.45, 7) is 2.71. The highest BCUT2D eigenvalue weighted by Crippen LogP contribution is 2.21. The second kappa shape index (κ2) is 6.78. The normalized spacial score (nSPS) is 23.1. The molecule has 2 rings (SSSR count). The lowest BCUT2D eigenvalue weighted by molar-refractivity contribution is 0.0371. The van der Waals surface area contributed by atoms with Gasteiger partial charge >= 0.3 is 0 Å². The van der Waals surface area contributed by atoms with Crippen molar-refractivity contribution in [2.24, 2.45) is 5.92 Å². The molecule has 1 aromatic rings. The summed E-state index contributed by atoms with van der Waals surface area (Å²) in [6, 6.07) is 8.74. The van der Waals surface area contributed by atoms with Crippen molar-refractivity contribution in [3.8, 4) is 5.75 Å². The zero-order chi connectivity index (χ0) is 13.7. The van der Waals surface area contributed by atoms with E-state index in [1.807, 2.05) is 19.2 Å². The van der Waals surface area contributed by atoms with Gasteiger partial charge in [0, 0.05) is 37.8 Å². The first-order chi connectivity index (χ1) is 9.24. The van der Waals surface area contributed by atoms with E-state index < -0.39 is 0 Å². The lowest BCUT2D eigenvalue weighted by Crippen LogP contribution is -2.46. The highest BCUT2D eigenvalue weighted by molar-refractivity contribution is 5.48. The average Bonchev–Trinajstić information content (AvgIpc) is 2.48. The van der Waals surface area contributed by atoms with Crippen LogP contribution in [-0.4, -0.2) is 47.0 Å². The third kappa shape index (κ3) is 3.61. The molecule has 1 N–H and O–H groups in total. The predicted molar refractivity (Wildman–Crippen MR) is 78.0 cm³/mol. The van der Waals surface area contributed by atoms with Gasteiger partial charge in [0.15, 0.2) is 0 Å². The summed E-state index contributed by atoms with van der Waals surface area (Å²) in [5.41, 5.74) is 1.21. The Bertz CT molecular complexity index is 380. The van der Waals surface area contributed by atoms with Crippen LogP contribution in [0.15, 0.2) is 24.3 Å². The SMILES string of the molecule is CNC1CCOCC1CN(C)c1ccc(OC)cc1. The number of nitrogens with zero attached hydrogens (tertiary/aromatic N) is 1. The Morgan fingerprint density at radius 1 is 1.37 bits per heavy atom. The molecule has 0 amide bonds. The Kier molecular flexibility index (Phi) is 5.05. The highest BCUT2D eigenvalue weighted by atomic mass is 16.5. The maximum absolute atomic E-state index is 5.60. The van der Waals surface area contributed by atoms with Crippen molar-refractivity contribution < 1.29 is 9.47 Å². The molecule has 1 heterocycles. The second-order valence-corrected chi connectivity index (χ2v) is 5.10. The van der Waals surface area contributed by atoms with E-state index >= 15 is 0 Å². The molecule has 0 aliphatic carbocycles. The predicted octanol–water partition coefficient (Wildman–Crippen LogP) is 1.76. The van der Waals surface area contributed by atoms with Crippen LogP contribution in [0.2, 0.25) is 0 Å². The first-order valence-corrected chi connectivity index (χ1v) is 6.84. The fraction of sp³-hybridized carbons (Fsp3) is 0.600. The molecule has 4 heteroatoms. The number of anilines is 1. The Morgan fingerprint density at radius 2 is 2.11 bits per heavy atom. The molecule has 1 fully saturated rings. The molecular weight excluding hydrogens is 240 g/mol. The van der Waals surface area contributed by atoms with Gasteiger partial charge in [0.1, 0.15) is 5.75 Å². The van der Waals surface area contributed by atoms with Crippen LogP contribution in [0.5, 0.6) is 5.75 Å². The third-order valence-electron chi connectivity index (χ3n) is 3.87. The molecule has 106 valence electrons. The van der Waals surface area contributed by atoms with Crippen LogP contribution in [0.3, 0.4) is 0 Å². The lowest BCUT2D eigenvalue weighted by Gasteiger charge is -2.34. The van der Waals surface area contributed by atoms with E-state index in [1.165, 1.54) is 5.69 Å². The number of methoxy groups -OCH3 is 1. The van der Waals surface area contributed by atoms with Gasteiger partial charge in [-0.25, -0.2) is 0 Å². The molecular formula is C15H24N2O2. The molecule has 0 radical (unpaired) electrons. The fourth-order valence-corrected chi connectivity index (χ4v) is 2.65. The van der Waals surface area contributed by atoms with Crippen LogP contribution in [-0.2, 0) is 4.74 Å². The van der Waals surface area contributed by atoms with Crippen molar-refractivity contribution in [2.75, 3.05) is 45.9 Å². The Labute approximate surface area is 115 Å². The molecule has 0 spiro atoms. The van der Waals surface area contributed by atoms with E-state index in [9.17, 15) is 0 Å². The minimum Gasteiger partial charge on any atom is -0.497 e. The second-order valence-electron chi connectivity index (χ2n) is 5.10. The Balaban J connectivity index is 1.96. The van der Waals surface area contributed by atoms with Crippen molar-refractivity contribution in [2.45, 2.75) is 12.5 Å². The van der Waals surface area contributed by atoms with Crippen molar-refractivity contribution >= 4 is 5.69 Å². The van der Waals surface area contributed by atoms with E-state index in [2.05, 4.69) is 29.4 Å². The minimum atomic E-state index is 0.533. The maximum Gasteiger partial charge on any atom is 0.119 e. The molecule has 0 aromatic heterocycles. The smallest absolute Gasteiger partial charge is 0.119 e. The summed E-state index contributed by atoms with van der Waals surface area (Å²) in [5.74, 6) is 1.43. The summed E-state index contributed by atoms with van der Waals surface area (Å²) in [5, 5.41) is 3.40. The zero-order valence-electron chi connectivity index (χ0n) is 12.1. The summed E-state index contributed by atoms with van der Waals surface area (Å²) < 4.78 is 10.8. The lowest BCUT2D eigenvalue weighted by atomic mass is 9.95. The van der Waals surface area contributed by atoms with Gasteiger partial charge in [-0.15, -0.1) is 0 Å². The molecule has 1 aliphatic heterocycles. The van der Waals surface area contributed by atoms with Crippen LogP contribution in [0, 0.1) is 5.92 Å². The van der Waals surface area contributed by atoms with E-state index in [0.717, 1.165) is 31.9 Å². The monoisotopic (exact) mass is 264 g/mol. The molecule has 4 nitrogen and oxygen atoms in total. The first-order valence-electron chi connectivity index (χ1n) is 6.84. The van der Waals surface area contributed by atoms with Crippen LogP contribution in [0.1, 0.15) is 6.42 Å². The van der Waals surface area contributed by atoms with Crippen LogP contribution in [0.4, 0.5) is 5.69 Å². The first kappa shape index (κ1) is 14.2. The van der Waals surface area contributed by atoms with Crippen molar-refractivity contribution in [1.82, 2.24) is 5.32 Å². The number of benzene rings is 1. The average molecular weight is 264 g/mol. The van der Waals surface area contributed by atoms with Gasteiger partial charge in [-0.05, 0) is 37.7 Å². The maximum atomic E-state index is 5.60. The Morgan fingerprint density at radius 3 is 2.74 bits per heavy atom. The molecule has 0 bridgehead atoms. The molecule has 1 saturated heterocycles.